The second-order valence-corrected chi connectivity index (χ2v) is 8.08. The maximum Gasteiger partial charge on any atom is 0.220 e. The summed E-state index contributed by atoms with van der Waals surface area (Å²) in [5, 5.41) is 3.17. The van der Waals surface area contributed by atoms with Crippen molar-refractivity contribution in [2.75, 3.05) is 11.9 Å². The minimum Gasteiger partial charge on any atom is -0.349 e. The zero-order valence-corrected chi connectivity index (χ0v) is 16.4. The van der Waals surface area contributed by atoms with Crippen molar-refractivity contribution in [1.29, 1.82) is 0 Å². The lowest BCUT2D eigenvalue weighted by molar-refractivity contribution is -0.122. The predicted molar refractivity (Wildman–Crippen MR) is 112 cm³/mol. The molecule has 1 aromatic heterocycles. The summed E-state index contributed by atoms with van der Waals surface area (Å²) < 4.78 is 23.2. The molecule has 0 unspecified atom stereocenters. The fourth-order valence-electron chi connectivity index (χ4n) is 3.89. The molecule has 0 radical (unpaired) electrons. The lowest BCUT2D eigenvalue weighted by atomic mass is 9.84. The molecule has 2 aliphatic rings. The van der Waals surface area contributed by atoms with Gasteiger partial charge in [-0.15, -0.1) is 0 Å². The van der Waals surface area contributed by atoms with Gasteiger partial charge in [-0.05, 0) is 54.5 Å². The van der Waals surface area contributed by atoms with Gasteiger partial charge >= 0.3 is 0 Å². The smallest absolute Gasteiger partial charge is 0.220 e. The fraction of sp³-hybridized carbons (Fsp3) is 0.364. The van der Waals surface area contributed by atoms with Crippen LogP contribution in [0.2, 0.25) is 0 Å². The Bertz CT molecular complexity index is 1080. The molecule has 2 aromatic rings. The van der Waals surface area contributed by atoms with E-state index in [2.05, 4.69) is 10.3 Å². The van der Waals surface area contributed by atoms with Crippen molar-refractivity contribution in [3.05, 3.63) is 46.7 Å². The molecular formula is C22H23N3O2S. The van der Waals surface area contributed by atoms with Crippen LogP contribution < -0.4 is 10.2 Å². The molecule has 2 heterocycles. The largest absolute Gasteiger partial charge is 0.349 e. The summed E-state index contributed by atoms with van der Waals surface area (Å²) in [6.45, 7) is -0.470. The van der Waals surface area contributed by atoms with E-state index >= 15 is 0 Å². The van der Waals surface area contributed by atoms with Gasteiger partial charge in [-0.1, -0.05) is 24.8 Å². The Morgan fingerprint density at radius 2 is 2.36 bits per heavy atom. The van der Waals surface area contributed by atoms with Gasteiger partial charge in [0.05, 0.1) is 11.7 Å². The second kappa shape index (κ2) is 7.82. The Kier molecular flexibility index (Phi) is 4.29. The highest BCUT2D eigenvalue weighted by Gasteiger charge is 2.26. The molecule has 6 heteroatoms. The minimum absolute atomic E-state index is 0.0408. The second-order valence-electron chi connectivity index (χ2n) is 7.04. The Labute approximate surface area is 173 Å². The van der Waals surface area contributed by atoms with E-state index in [9.17, 15) is 9.59 Å². The van der Waals surface area contributed by atoms with Crippen LogP contribution in [0.25, 0.3) is 11.1 Å². The maximum atomic E-state index is 12.2. The molecular weight excluding hydrogens is 370 g/mol. The molecule has 1 N–H and O–H groups in total. The molecule has 1 amide bonds. The summed E-state index contributed by atoms with van der Waals surface area (Å²) in [6.07, 6.45) is 7.70. The highest BCUT2D eigenvalue weighted by atomic mass is 32.2. The highest BCUT2D eigenvalue weighted by molar-refractivity contribution is 8.04. The molecule has 28 heavy (non-hydrogen) atoms. The number of thioether (sulfide) groups is 1. The van der Waals surface area contributed by atoms with Crippen molar-refractivity contribution in [2.45, 2.75) is 50.0 Å². The molecule has 0 fully saturated rings. The van der Waals surface area contributed by atoms with Crippen LogP contribution in [0, 0.1) is 0 Å². The number of nitrogens with zero attached hydrogens (tertiary/aromatic N) is 2. The van der Waals surface area contributed by atoms with Crippen molar-refractivity contribution < 1.29 is 13.7 Å². The zero-order valence-electron chi connectivity index (χ0n) is 18.6. The number of benzene rings is 1. The van der Waals surface area contributed by atoms with Crippen LogP contribution in [-0.4, -0.2) is 23.8 Å². The SMILES string of the molecule is [2H]C([2H])([2H])N1C(=C=O)Sc2cc(-c3cncc4c3CCC[C@H]4NC(=O)CCC)ccc21. The van der Waals surface area contributed by atoms with Crippen LogP contribution in [0.15, 0.2) is 40.5 Å². The third-order valence-electron chi connectivity index (χ3n) is 5.21. The number of anilines is 1. The number of carbonyl (C=O) groups is 1. The van der Waals surface area contributed by atoms with Crippen LogP contribution in [0.4, 0.5) is 5.69 Å². The molecule has 1 aliphatic heterocycles. The third-order valence-corrected chi connectivity index (χ3v) is 6.21. The number of pyridine rings is 1. The first kappa shape index (κ1) is 15.4. The van der Waals surface area contributed by atoms with Crippen molar-refractivity contribution in [3.8, 4) is 11.1 Å². The Hall–Kier alpha value is -2.56. The number of rotatable bonds is 4. The van der Waals surface area contributed by atoms with E-state index < -0.39 is 6.98 Å². The van der Waals surface area contributed by atoms with E-state index in [1.165, 1.54) is 0 Å². The maximum absolute atomic E-state index is 12.2. The number of hydrogen-bond donors (Lipinski definition) is 1. The van der Waals surface area contributed by atoms with Gasteiger partial charge in [0, 0.05) is 40.4 Å². The molecule has 0 spiro atoms. The summed E-state index contributed by atoms with van der Waals surface area (Å²) in [5.74, 6) is 1.81. The normalized spacial score (nSPS) is 19.8. The summed E-state index contributed by atoms with van der Waals surface area (Å²) in [5.41, 5.74) is 4.56. The van der Waals surface area contributed by atoms with E-state index in [-0.39, 0.29) is 17.0 Å². The molecule has 1 atom stereocenters. The van der Waals surface area contributed by atoms with Crippen LogP contribution >= 0.6 is 11.8 Å². The summed E-state index contributed by atoms with van der Waals surface area (Å²) in [6, 6.07) is 5.45. The number of hydrogen-bond acceptors (Lipinski definition) is 5. The standard InChI is InChI=1S/C22H23N3O2S/c1-3-5-21(27)24-18-7-4-6-15-16(11-23-12-17(15)18)14-8-9-19-20(10-14)28-22(13-26)25(19)2/h8-12,18H,3-7H2,1-2H3,(H,24,27)/t18-/m1/s1/i2D3. The lowest BCUT2D eigenvalue weighted by Crippen LogP contribution is -2.31. The number of amides is 1. The third kappa shape index (κ3) is 3.34. The van der Waals surface area contributed by atoms with E-state index in [1.54, 1.807) is 12.0 Å². The minimum atomic E-state index is -2.45. The Morgan fingerprint density at radius 3 is 3.14 bits per heavy atom. The van der Waals surface area contributed by atoms with Gasteiger partial charge in [0.1, 0.15) is 0 Å². The van der Waals surface area contributed by atoms with Crippen LogP contribution in [-0.2, 0) is 16.0 Å². The first-order valence-corrected chi connectivity index (χ1v) is 10.3. The molecule has 4 rings (SSSR count). The Morgan fingerprint density at radius 1 is 1.46 bits per heavy atom. The summed E-state index contributed by atoms with van der Waals surface area (Å²) >= 11 is 1.11. The van der Waals surface area contributed by atoms with Crippen molar-refractivity contribution in [2.24, 2.45) is 0 Å². The molecule has 0 saturated carbocycles. The van der Waals surface area contributed by atoms with Crippen LogP contribution in [0.5, 0.6) is 0 Å². The number of nitrogens with one attached hydrogen (secondary N) is 1. The fourth-order valence-corrected chi connectivity index (χ4v) is 4.78. The quantitative estimate of drug-likeness (QED) is 0.783. The van der Waals surface area contributed by atoms with Gasteiger partial charge in [-0.25, -0.2) is 4.79 Å². The van der Waals surface area contributed by atoms with E-state index in [4.69, 9.17) is 4.11 Å². The monoisotopic (exact) mass is 396 g/mol. The topological polar surface area (TPSA) is 62.3 Å². The summed E-state index contributed by atoms with van der Waals surface area (Å²) in [4.78, 5) is 29.7. The summed E-state index contributed by atoms with van der Waals surface area (Å²) in [7, 11) is 0. The van der Waals surface area contributed by atoms with Gasteiger partial charge in [-0.3, -0.25) is 9.78 Å². The van der Waals surface area contributed by atoms with Gasteiger partial charge in [0.25, 0.3) is 0 Å². The lowest BCUT2D eigenvalue weighted by Gasteiger charge is -2.28. The van der Waals surface area contributed by atoms with Gasteiger partial charge in [-0.2, -0.15) is 0 Å². The predicted octanol–water partition coefficient (Wildman–Crippen LogP) is 4.26. The van der Waals surface area contributed by atoms with E-state index in [0.29, 0.717) is 17.0 Å². The van der Waals surface area contributed by atoms with Crippen molar-refractivity contribution in [3.63, 3.8) is 0 Å². The van der Waals surface area contributed by atoms with Gasteiger partial charge in [0.2, 0.25) is 5.91 Å². The zero-order chi connectivity index (χ0) is 22.2. The van der Waals surface area contributed by atoms with Gasteiger partial charge < -0.3 is 10.2 Å². The first-order valence-electron chi connectivity index (χ1n) is 11.0. The highest BCUT2D eigenvalue weighted by Crippen LogP contribution is 2.46. The molecule has 144 valence electrons. The molecule has 0 saturated heterocycles. The molecule has 5 nitrogen and oxygen atoms in total. The molecule has 1 aromatic carbocycles. The number of carbonyl (C=O) groups excluding carboxylic acids is 2. The molecule has 0 bridgehead atoms. The van der Waals surface area contributed by atoms with E-state index in [0.717, 1.165) is 64.6 Å². The Balaban J connectivity index is 1.71. The van der Waals surface area contributed by atoms with Crippen molar-refractivity contribution >= 4 is 29.3 Å². The first-order chi connectivity index (χ1) is 14.8. The van der Waals surface area contributed by atoms with E-state index in [1.807, 2.05) is 31.5 Å². The number of fused-ring (bicyclic) bond motifs is 2. The number of aromatic nitrogens is 1. The molecule has 1 aliphatic carbocycles. The van der Waals surface area contributed by atoms with Crippen LogP contribution in [0.1, 0.15) is 53.9 Å². The van der Waals surface area contributed by atoms with Crippen LogP contribution in [0.3, 0.4) is 0 Å². The van der Waals surface area contributed by atoms with Gasteiger partial charge in [0.15, 0.2) is 11.0 Å². The van der Waals surface area contributed by atoms with Crippen molar-refractivity contribution in [1.82, 2.24) is 10.3 Å². The average molecular weight is 397 g/mol. The average Bonchev–Trinajstić information content (AvgIpc) is 3.12.